The van der Waals surface area contributed by atoms with E-state index in [2.05, 4.69) is 22.8 Å². The largest absolute Gasteiger partial charge is 0.493 e. The number of methoxy groups -OCH3 is 3. The Morgan fingerprint density at radius 2 is 1.55 bits per heavy atom. The molecule has 0 amide bonds. The third kappa shape index (κ3) is 2.08. The van der Waals surface area contributed by atoms with Crippen molar-refractivity contribution in [1.29, 1.82) is 0 Å². The lowest BCUT2D eigenvalue weighted by Gasteiger charge is -2.16. The zero-order valence-electron chi connectivity index (χ0n) is 13.2. The maximum Gasteiger partial charge on any atom is 0.203 e. The maximum absolute atomic E-state index is 5.60. The Morgan fingerprint density at radius 1 is 0.818 bits per heavy atom. The van der Waals surface area contributed by atoms with E-state index in [9.17, 15) is 0 Å². The first-order valence-corrected chi connectivity index (χ1v) is 7.05. The molecule has 0 N–H and O–H groups in total. The van der Waals surface area contributed by atoms with Crippen LogP contribution < -0.4 is 14.2 Å². The Balaban J connectivity index is 2.28. The number of aryl methyl sites for hydroxylation is 1. The van der Waals surface area contributed by atoms with Gasteiger partial charge in [-0.3, -0.25) is 0 Å². The second kappa shape index (κ2) is 5.64. The Labute approximate surface area is 129 Å². The van der Waals surface area contributed by atoms with Gasteiger partial charge in [0.15, 0.2) is 11.5 Å². The van der Waals surface area contributed by atoms with Gasteiger partial charge in [-0.15, -0.1) is 0 Å². The van der Waals surface area contributed by atoms with Crippen LogP contribution in [0.2, 0.25) is 0 Å². The van der Waals surface area contributed by atoms with E-state index in [1.54, 1.807) is 21.3 Å². The van der Waals surface area contributed by atoms with E-state index >= 15 is 0 Å². The number of hydrogen-bond acceptors (Lipinski definition) is 3. The quantitative estimate of drug-likeness (QED) is 0.733. The second-order valence-corrected chi connectivity index (χ2v) is 5.03. The van der Waals surface area contributed by atoms with Crippen LogP contribution >= 0.6 is 0 Å². The zero-order valence-corrected chi connectivity index (χ0v) is 13.2. The zero-order chi connectivity index (χ0) is 15.7. The van der Waals surface area contributed by atoms with Crippen molar-refractivity contribution in [2.45, 2.75) is 0 Å². The molecule has 3 aromatic rings. The number of fused-ring (bicyclic) bond motifs is 1. The molecule has 4 nitrogen and oxygen atoms in total. The molecule has 0 spiro atoms. The van der Waals surface area contributed by atoms with Crippen molar-refractivity contribution in [1.82, 2.24) is 4.57 Å². The van der Waals surface area contributed by atoms with Crippen molar-refractivity contribution in [3.8, 4) is 28.5 Å². The van der Waals surface area contributed by atoms with Gasteiger partial charge in [0, 0.05) is 23.5 Å². The molecule has 4 heteroatoms. The molecule has 0 bridgehead atoms. The molecule has 0 radical (unpaired) electrons. The fourth-order valence-electron chi connectivity index (χ4n) is 2.85. The van der Waals surface area contributed by atoms with E-state index in [0.717, 1.165) is 11.3 Å². The van der Waals surface area contributed by atoms with Gasteiger partial charge in [0.2, 0.25) is 5.75 Å². The van der Waals surface area contributed by atoms with Gasteiger partial charge >= 0.3 is 0 Å². The van der Waals surface area contributed by atoms with Crippen LogP contribution in [0.5, 0.6) is 17.2 Å². The Morgan fingerprint density at radius 3 is 2.18 bits per heavy atom. The minimum atomic E-state index is 0.604. The van der Waals surface area contributed by atoms with Crippen LogP contribution in [0.25, 0.3) is 22.2 Å². The van der Waals surface area contributed by atoms with Crippen LogP contribution in [0.1, 0.15) is 0 Å². The lowest BCUT2D eigenvalue weighted by molar-refractivity contribution is 0.325. The summed E-state index contributed by atoms with van der Waals surface area (Å²) in [5.41, 5.74) is 3.21. The number of para-hydroxylation sites is 1. The molecule has 0 saturated carbocycles. The number of rotatable bonds is 4. The summed E-state index contributed by atoms with van der Waals surface area (Å²) in [5, 5.41) is 1.19. The topological polar surface area (TPSA) is 32.6 Å². The van der Waals surface area contributed by atoms with Crippen molar-refractivity contribution in [3.05, 3.63) is 42.5 Å². The van der Waals surface area contributed by atoms with Gasteiger partial charge in [0.25, 0.3) is 0 Å². The number of ether oxygens (including phenoxy) is 3. The minimum Gasteiger partial charge on any atom is -0.493 e. The van der Waals surface area contributed by atoms with Crippen LogP contribution in [0.15, 0.2) is 42.5 Å². The molecule has 0 fully saturated rings. The average molecular weight is 297 g/mol. The second-order valence-electron chi connectivity index (χ2n) is 5.03. The molecule has 22 heavy (non-hydrogen) atoms. The van der Waals surface area contributed by atoms with E-state index in [-0.39, 0.29) is 0 Å². The van der Waals surface area contributed by atoms with E-state index in [4.69, 9.17) is 14.2 Å². The molecule has 0 atom stereocenters. The summed E-state index contributed by atoms with van der Waals surface area (Å²) in [6.07, 6.45) is 0. The monoisotopic (exact) mass is 297 g/mol. The number of hydrogen-bond donors (Lipinski definition) is 0. The first kappa shape index (κ1) is 14.3. The van der Waals surface area contributed by atoms with Crippen LogP contribution in [0.4, 0.5) is 0 Å². The highest BCUT2D eigenvalue weighted by atomic mass is 16.5. The standard InChI is InChI=1S/C18H19NO3/c1-19-14-8-6-5-7-12(14)11-15(19)13-9-10-16(20-2)18(22-4)17(13)21-3/h5-11H,1-4H3. The summed E-state index contributed by atoms with van der Waals surface area (Å²) in [7, 11) is 6.93. The van der Waals surface area contributed by atoms with E-state index in [0.29, 0.717) is 17.2 Å². The molecule has 0 unspecified atom stereocenters. The summed E-state index contributed by atoms with van der Waals surface area (Å²) in [5.74, 6) is 1.93. The minimum absolute atomic E-state index is 0.604. The first-order chi connectivity index (χ1) is 10.7. The van der Waals surface area contributed by atoms with Crippen LogP contribution in [0, 0.1) is 0 Å². The highest BCUT2D eigenvalue weighted by Crippen LogP contribution is 2.45. The fraction of sp³-hybridized carbons (Fsp3) is 0.222. The lowest BCUT2D eigenvalue weighted by atomic mass is 10.1. The van der Waals surface area contributed by atoms with Gasteiger partial charge in [-0.05, 0) is 24.3 Å². The Bertz CT molecular complexity index is 821. The third-order valence-corrected chi connectivity index (χ3v) is 3.93. The molecule has 1 aromatic heterocycles. The summed E-state index contributed by atoms with van der Waals surface area (Å²) in [6.45, 7) is 0. The Hall–Kier alpha value is -2.62. The molecule has 0 aliphatic rings. The van der Waals surface area contributed by atoms with Crippen molar-refractivity contribution < 1.29 is 14.2 Å². The van der Waals surface area contributed by atoms with Crippen molar-refractivity contribution in [2.75, 3.05) is 21.3 Å². The van der Waals surface area contributed by atoms with Crippen molar-refractivity contribution in [3.63, 3.8) is 0 Å². The molecular weight excluding hydrogens is 278 g/mol. The summed E-state index contributed by atoms with van der Waals surface area (Å²) in [6, 6.07) is 14.3. The van der Waals surface area contributed by atoms with Gasteiger partial charge in [0.05, 0.1) is 27.0 Å². The van der Waals surface area contributed by atoms with Gasteiger partial charge in [0.1, 0.15) is 0 Å². The SMILES string of the molecule is COc1ccc(-c2cc3ccccc3n2C)c(OC)c1OC. The Kier molecular flexibility index (Phi) is 3.67. The smallest absolute Gasteiger partial charge is 0.203 e. The van der Waals surface area contributed by atoms with Crippen molar-refractivity contribution in [2.24, 2.45) is 7.05 Å². The normalized spacial score (nSPS) is 10.7. The highest BCUT2D eigenvalue weighted by molar-refractivity contribution is 5.89. The fourth-order valence-corrected chi connectivity index (χ4v) is 2.85. The molecule has 0 aliphatic carbocycles. The van der Waals surface area contributed by atoms with Crippen LogP contribution in [-0.4, -0.2) is 25.9 Å². The number of nitrogens with zero attached hydrogens (tertiary/aromatic N) is 1. The highest BCUT2D eigenvalue weighted by Gasteiger charge is 2.19. The number of benzene rings is 2. The van der Waals surface area contributed by atoms with E-state index < -0.39 is 0 Å². The predicted octanol–water partition coefficient (Wildman–Crippen LogP) is 3.87. The third-order valence-electron chi connectivity index (χ3n) is 3.93. The lowest BCUT2D eigenvalue weighted by Crippen LogP contribution is -1.99. The summed E-state index contributed by atoms with van der Waals surface area (Å²) < 4.78 is 18.6. The molecule has 1 heterocycles. The average Bonchev–Trinajstić information content (AvgIpc) is 2.90. The van der Waals surface area contributed by atoms with Gasteiger partial charge < -0.3 is 18.8 Å². The molecule has 3 rings (SSSR count). The molecule has 0 aliphatic heterocycles. The summed E-state index contributed by atoms with van der Waals surface area (Å²) in [4.78, 5) is 0. The van der Waals surface area contributed by atoms with Gasteiger partial charge in [-0.25, -0.2) is 0 Å². The summed E-state index contributed by atoms with van der Waals surface area (Å²) >= 11 is 0. The molecule has 2 aromatic carbocycles. The molecule has 0 saturated heterocycles. The van der Waals surface area contributed by atoms with Crippen LogP contribution in [0.3, 0.4) is 0 Å². The molecular formula is C18H19NO3. The van der Waals surface area contributed by atoms with Crippen LogP contribution in [-0.2, 0) is 7.05 Å². The van der Waals surface area contributed by atoms with Gasteiger partial charge in [-0.1, -0.05) is 18.2 Å². The van der Waals surface area contributed by atoms with Gasteiger partial charge in [-0.2, -0.15) is 0 Å². The predicted molar refractivity (Wildman–Crippen MR) is 88.0 cm³/mol. The maximum atomic E-state index is 5.60. The van der Waals surface area contributed by atoms with Crippen molar-refractivity contribution >= 4 is 10.9 Å². The molecule has 114 valence electrons. The first-order valence-electron chi connectivity index (χ1n) is 7.05. The van der Waals surface area contributed by atoms with E-state index in [1.807, 2.05) is 31.3 Å². The number of aromatic nitrogens is 1. The van der Waals surface area contributed by atoms with E-state index in [1.165, 1.54) is 10.9 Å².